The van der Waals surface area contributed by atoms with Crippen LogP contribution in [0.2, 0.25) is 5.02 Å². The molecular weight excluding hydrogens is 578 g/mol. The molecule has 0 radical (unpaired) electrons. The molecule has 1 aromatic rings. The maximum absolute atomic E-state index is 13.7. The average Bonchev–Trinajstić information content (AvgIpc) is 3.59. The maximum Gasteiger partial charge on any atom is 0.245 e. The standard InChI is InChI=1S/C30H41ClN4O2.C4H11NS/c1-4-23-19-27(32-20-24(23)5-2)29(36)33-28(18-22-10-12-26(31)13-11-22)30(37)35-16-14-34(15-17-35)21(3)25-8-6-7-9-25;1-4-5(2)6-3/h4-5,10-13,21,25,27-28,32H,1-2,6-9,14-20H2,3H3,(H,33,36);4H2,1-3H3. The van der Waals surface area contributed by atoms with Gasteiger partial charge in [-0.2, -0.15) is 0 Å². The monoisotopic (exact) mass is 629 g/mol. The third-order valence-corrected chi connectivity index (χ3v) is 10.3. The van der Waals surface area contributed by atoms with E-state index in [2.05, 4.69) is 60.1 Å². The highest BCUT2D eigenvalue weighted by Crippen LogP contribution is 2.30. The van der Waals surface area contributed by atoms with E-state index in [4.69, 9.17) is 11.6 Å². The zero-order valence-corrected chi connectivity index (χ0v) is 28.2. The molecule has 1 aromatic carbocycles. The van der Waals surface area contributed by atoms with Crippen LogP contribution < -0.4 is 10.6 Å². The summed E-state index contributed by atoms with van der Waals surface area (Å²) >= 11 is 7.84. The summed E-state index contributed by atoms with van der Waals surface area (Å²) in [4.78, 5) is 31.5. The van der Waals surface area contributed by atoms with E-state index in [1.165, 1.54) is 25.7 Å². The Hall–Kier alpha value is -2.10. The number of hydrogen-bond donors (Lipinski definition) is 2. The number of carbonyl (C=O) groups excluding carboxylic acids is 2. The van der Waals surface area contributed by atoms with Crippen molar-refractivity contribution in [3.63, 3.8) is 0 Å². The summed E-state index contributed by atoms with van der Waals surface area (Å²) in [5.41, 5.74) is 3.04. The quantitative estimate of drug-likeness (QED) is 0.322. The Morgan fingerprint density at radius 1 is 1.12 bits per heavy atom. The first-order chi connectivity index (χ1) is 20.7. The zero-order chi connectivity index (χ0) is 31.4. The van der Waals surface area contributed by atoms with Crippen molar-refractivity contribution in [2.45, 2.75) is 70.5 Å². The molecule has 0 spiro atoms. The number of piperazine rings is 1. The number of benzene rings is 1. The lowest BCUT2D eigenvalue weighted by atomic mass is 9.95. The molecule has 0 bridgehead atoms. The first-order valence-electron chi connectivity index (χ1n) is 15.7. The molecule has 1 aliphatic carbocycles. The Balaban J connectivity index is 0.000000765. The molecule has 3 unspecified atom stereocenters. The van der Waals surface area contributed by atoms with E-state index in [0.29, 0.717) is 43.5 Å². The third-order valence-electron chi connectivity index (χ3n) is 9.19. The van der Waals surface area contributed by atoms with Gasteiger partial charge in [-0.15, -0.1) is 0 Å². The van der Waals surface area contributed by atoms with E-state index in [0.717, 1.165) is 42.3 Å². The van der Waals surface area contributed by atoms with E-state index in [1.54, 1.807) is 24.1 Å². The third kappa shape index (κ3) is 10.5. The molecule has 2 amide bonds. The summed E-state index contributed by atoms with van der Waals surface area (Å²) in [6, 6.07) is 7.00. The first kappa shape index (κ1) is 35.4. The number of rotatable bonds is 11. The zero-order valence-electron chi connectivity index (χ0n) is 26.6. The molecule has 9 heteroatoms. The van der Waals surface area contributed by atoms with Gasteiger partial charge < -0.3 is 15.5 Å². The van der Waals surface area contributed by atoms with Crippen molar-refractivity contribution in [2.75, 3.05) is 52.6 Å². The molecule has 1 saturated heterocycles. The molecule has 7 nitrogen and oxygen atoms in total. The van der Waals surface area contributed by atoms with E-state index in [-0.39, 0.29) is 11.8 Å². The van der Waals surface area contributed by atoms with Crippen LogP contribution in [0.1, 0.15) is 51.5 Å². The second-order valence-electron chi connectivity index (χ2n) is 11.8. The van der Waals surface area contributed by atoms with Crippen LogP contribution in [0.15, 0.2) is 60.7 Å². The maximum atomic E-state index is 13.7. The smallest absolute Gasteiger partial charge is 0.245 e. The fraction of sp³-hybridized carbons (Fsp3) is 0.588. The molecule has 2 heterocycles. The number of amides is 2. The lowest BCUT2D eigenvalue weighted by Gasteiger charge is -2.41. The summed E-state index contributed by atoms with van der Waals surface area (Å²) < 4.78 is 2.17. The van der Waals surface area contributed by atoms with Crippen LogP contribution in [0.25, 0.3) is 0 Å². The second kappa shape index (κ2) is 18.0. The predicted octanol–water partition coefficient (Wildman–Crippen LogP) is 5.34. The Morgan fingerprint density at radius 3 is 2.28 bits per heavy atom. The van der Waals surface area contributed by atoms with Crippen molar-refractivity contribution >= 4 is 35.4 Å². The van der Waals surface area contributed by atoms with Gasteiger partial charge in [0.1, 0.15) is 6.04 Å². The lowest BCUT2D eigenvalue weighted by Crippen LogP contribution is -2.59. The molecule has 3 atom stereocenters. The van der Waals surface area contributed by atoms with Crippen molar-refractivity contribution in [2.24, 2.45) is 5.92 Å². The van der Waals surface area contributed by atoms with Crippen molar-refractivity contribution in [3.8, 4) is 0 Å². The molecule has 43 heavy (non-hydrogen) atoms. The molecule has 3 aliphatic rings. The van der Waals surface area contributed by atoms with E-state index in [9.17, 15) is 9.59 Å². The topological polar surface area (TPSA) is 67.9 Å². The van der Waals surface area contributed by atoms with Crippen molar-refractivity contribution < 1.29 is 9.59 Å². The van der Waals surface area contributed by atoms with Gasteiger partial charge in [-0.1, -0.05) is 80.8 Å². The fourth-order valence-corrected chi connectivity index (χ4v) is 6.52. The van der Waals surface area contributed by atoms with Gasteiger partial charge in [0.25, 0.3) is 0 Å². The van der Waals surface area contributed by atoms with Gasteiger partial charge in [-0.05, 0) is 74.2 Å². The number of nitrogens with zero attached hydrogens (tertiary/aromatic N) is 3. The second-order valence-corrected chi connectivity index (χ2v) is 13.2. The van der Waals surface area contributed by atoms with E-state index >= 15 is 0 Å². The highest BCUT2D eigenvalue weighted by Gasteiger charge is 2.34. The number of carbonyl (C=O) groups is 2. The summed E-state index contributed by atoms with van der Waals surface area (Å²) in [7, 11) is 2.07. The van der Waals surface area contributed by atoms with Gasteiger partial charge in [0.2, 0.25) is 11.8 Å². The van der Waals surface area contributed by atoms with Gasteiger partial charge in [-0.3, -0.25) is 18.8 Å². The molecule has 2 fully saturated rings. The molecular formula is C34H52ClN5O2S. The molecule has 2 aliphatic heterocycles. The number of nitrogens with one attached hydrogen (secondary N) is 2. The minimum absolute atomic E-state index is 0.0152. The fourth-order valence-electron chi connectivity index (χ4n) is 6.14. The normalized spacial score (nSPS) is 21.2. The minimum Gasteiger partial charge on any atom is -0.343 e. The summed E-state index contributed by atoms with van der Waals surface area (Å²) in [6.45, 7) is 17.1. The number of hydrogen-bond acceptors (Lipinski definition) is 6. The van der Waals surface area contributed by atoms with Gasteiger partial charge in [0.15, 0.2) is 0 Å². The van der Waals surface area contributed by atoms with Crippen molar-refractivity contribution in [1.82, 2.24) is 24.7 Å². The van der Waals surface area contributed by atoms with Gasteiger partial charge in [-0.25, -0.2) is 0 Å². The minimum atomic E-state index is -0.633. The van der Waals surface area contributed by atoms with Gasteiger partial charge in [0.05, 0.1) is 6.04 Å². The van der Waals surface area contributed by atoms with Gasteiger partial charge >= 0.3 is 0 Å². The predicted molar refractivity (Wildman–Crippen MR) is 182 cm³/mol. The Morgan fingerprint density at radius 2 is 1.74 bits per heavy atom. The molecule has 0 aromatic heterocycles. The van der Waals surface area contributed by atoms with Crippen LogP contribution in [-0.2, 0) is 16.0 Å². The van der Waals surface area contributed by atoms with E-state index in [1.807, 2.05) is 29.2 Å². The molecule has 238 valence electrons. The van der Waals surface area contributed by atoms with Crippen LogP contribution >= 0.6 is 23.5 Å². The van der Waals surface area contributed by atoms with Crippen LogP contribution in [0.4, 0.5) is 0 Å². The van der Waals surface area contributed by atoms with Crippen molar-refractivity contribution in [1.29, 1.82) is 0 Å². The molecule has 2 N–H and O–H groups in total. The number of halogens is 1. The van der Waals surface area contributed by atoms with Gasteiger partial charge in [0, 0.05) is 56.8 Å². The Bertz CT molecular complexity index is 1090. The Kier molecular flexibility index (Phi) is 14.8. The molecule has 4 rings (SSSR count). The van der Waals surface area contributed by atoms with E-state index < -0.39 is 12.1 Å². The SMILES string of the molecule is C=CC1=C(C=C)CC(C(=O)NC(Cc2ccc(Cl)cc2)C(=O)N2CCN(C(C)C3CCCC3)CC2)NC1.CCN(C)SC. The van der Waals surface area contributed by atoms with Crippen LogP contribution in [0.5, 0.6) is 0 Å². The largest absolute Gasteiger partial charge is 0.343 e. The lowest BCUT2D eigenvalue weighted by molar-refractivity contribution is -0.138. The summed E-state index contributed by atoms with van der Waals surface area (Å²) in [5.74, 6) is 0.597. The highest BCUT2D eigenvalue weighted by molar-refractivity contribution is 7.96. The summed E-state index contributed by atoms with van der Waals surface area (Å²) in [5, 5.41) is 7.02. The first-order valence-corrected chi connectivity index (χ1v) is 17.3. The molecule has 1 saturated carbocycles. The average molecular weight is 630 g/mol. The van der Waals surface area contributed by atoms with Crippen molar-refractivity contribution in [3.05, 3.63) is 71.3 Å². The number of allylic oxidation sites excluding steroid dienone is 1. The van der Waals surface area contributed by atoms with Crippen LogP contribution in [-0.4, -0.2) is 96.6 Å². The van der Waals surface area contributed by atoms with Crippen LogP contribution in [0, 0.1) is 5.92 Å². The summed E-state index contributed by atoms with van der Waals surface area (Å²) in [6.07, 6.45) is 11.9. The highest BCUT2D eigenvalue weighted by atomic mass is 35.5. The van der Waals surface area contributed by atoms with Crippen LogP contribution in [0.3, 0.4) is 0 Å². The Labute approximate surface area is 269 Å².